The highest BCUT2D eigenvalue weighted by Crippen LogP contribution is 2.48. The Bertz CT molecular complexity index is 926. The lowest BCUT2D eigenvalue weighted by Crippen LogP contribution is -2.38. The van der Waals surface area contributed by atoms with Gasteiger partial charge in [-0.2, -0.15) is 0 Å². The molecule has 0 bridgehead atoms. The van der Waals surface area contributed by atoms with Gasteiger partial charge in [0.2, 0.25) is 0 Å². The van der Waals surface area contributed by atoms with Gasteiger partial charge in [-0.05, 0) is 25.7 Å². The van der Waals surface area contributed by atoms with Crippen LogP contribution in [-0.4, -0.2) is 23.3 Å². The minimum absolute atomic E-state index is 0.101. The van der Waals surface area contributed by atoms with Crippen LogP contribution < -0.4 is 5.32 Å². The maximum Gasteiger partial charge on any atom is 0.336 e. The van der Waals surface area contributed by atoms with Crippen molar-refractivity contribution < 1.29 is 19.2 Å². The Morgan fingerprint density at radius 2 is 2.00 bits per heavy atom. The zero-order valence-electron chi connectivity index (χ0n) is 16.5. The van der Waals surface area contributed by atoms with Crippen LogP contribution in [0.3, 0.4) is 0 Å². The summed E-state index contributed by atoms with van der Waals surface area (Å²) in [6.45, 7) is 7.63. The molecule has 2 aliphatic rings. The van der Waals surface area contributed by atoms with Crippen molar-refractivity contribution >= 4 is 17.4 Å². The molecule has 1 aromatic carbocycles. The van der Waals surface area contributed by atoms with E-state index in [0.717, 1.165) is 5.70 Å². The van der Waals surface area contributed by atoms with Gasteiger partial charge in [0.05, 0.1) is 23.0 Å². The second-order valence-electron chi connectivity index (χ2n) is 7.97. The van der Waals surface area contributed by atoms with E-state index < -0.39 is 16.8 Å². The first-order chi connectivity index (χ1) is 13.2. The SMILES string of the molecule is CCOC(=O)C1=C(C)NC2=C(C(=O)CC(C)(C)C2)[C@H]1c1ccccc1[N+](=O)[O-]. The van der Waals surface area contributed by atoms with Crippen molar-refractivity contribution in [1.29, 1.82) is 0 Å². The molecule has 0 amide bonds. The van der Waals surface area contributed by atoms with Gasteiger partial charge in [0.1, 0.15) is 0 Å². The normalized spacial score (nSPS) is 21.1. The fourth-order valence-electron chi connectivity index (χ4n) is 4.12. The number of carbonyl (C=O) groups is 2. The van der Waals surface area contributed by atoms with Crippen molar-refractivity contribution in [1.82, 2.24) is 5.32 Å². The lowest BCUT2D eigenvalue weighted by molar-refractivity contribution is -0.385. The quantitative estimate of drug-likeness (QED) is 0.482. The van der Waals surface area contributed by atoms with Crippen LogP contribution in [0.15, 0.2) is 46.8 Å². The molecular weight excluding hydrogens is 360 g/mol. The van der Waals surface area contributed by atoms with E-state index in [9.17, 15) is 19.7 Å². The first kappa shape index (κ1) is 19.8. The number of hydrogen-bond acceptors (Lipinski definition) is 6. The molecule has 28 heavy (non-hydrogen) atoms. The lowest BCUT2D eigenvalue weighted by Gasteiger charge is -2.39. The van der Waals surface area contributed by atoms with E-state index in [-0.39, 0.29) is 29.1 Å². The molecule has 1 aliphatic heterocycles. The average molecular weight is 384 g/mol. The number of ketones is 1. The topological polar surface area (TPSA) is 98.5 Å². The molecule has 0 saturated carbocycles. The minimum atomic E-state index is -0.819. The second kappa shape index (κ2) is 7.22. The molecule has 0 fully saturated rings. The zero-order chi connectivity index (χ0) is 20.6. The van der Waals surface area contributed by atoms with Gasteiger partial charge in [0.15, 0.2) is 5.78 Å². The number of ether oxygens (including phenoxy) is 1. The highest BCUT2D eigenvalue weighted by atomic mass is 16.6. The Morgan fingerprint density at radius 3 is 2.64 bits per heavy atom. The van der Waals surface area contributed by atoms with E-state index in [4.69, 9.17) is 4.74 Å². The molecule has 0 spiro atoms. The van der Waals surface area contributed by atoms with Gasteiger partial charge in [-0.15, -0.1) is 0 Å². The van der Waals surface area contributed by atoms with Crippen LogP contribution in [0.5, 0.6) is 0 Å². The predicted molar refractivity (Wildman–Crippen MR) is 103 cm³/mol. The molecule has 1 aromatic rings. The van der Waals surface area contributed by atoms with Crippen molar-refractivity contribution in [3.05, 3.63) is 62.5 Å². The minimum Gasteiger partial charge on any atom is -0.463 e. The monoisotopic (exact) mass is 384 g/mol. The third-order valence-electron chi connectivity index (χ3n) is 5.18. The predicted octanol–water partition coefficient (Wildman–Crippen LogP) is 3.76. The van der Waals surface area contributed by atoms with Crippen LogP contribution in [0.25, 0.3) is 0 Å². The van der Waals surface area contributed by atoms with Crippen LogP contribution in [0.2, 0.25) is 0 Å². The highest BCUT2D eigenvalue weighted by molar-refractivity contribution is 6.04. The Morgan fingerprint density at radius 1 is 1.32 bits per heavy atom. The van der Waals surface area contributed by atoms with E-state index in [1.54, 1.807) is 32.0 Å². The van der Waals surface area contributed by atoms with Crippen LogP contribution in [-0.2, 0) is 14.3 Å². The Kier molecular flexibility index (Phi) is 5.10. The van der Waals surface area contributed by atoms with Crippen molar-refractivity contribution in [2.24, 2.45) is 5.41 Å². The Balaban J connectivity index is 2.26. The van der Waals surface area contributed by atoms with Crippen molar-refractivity contribution in [2.75, 3.05) is 6.61 Å². The fourth-order valence-corrected chi connectivity index (χ4v) is 4.12. The summed E-state index contributed by atoms with van der Waals surface area (Å²) in [4.78, 5) is 37.0. The standard InChI is InChI=1S/C21H24N2O5/c1-5-28-20(25)17-12(2)22-14-10-21(3,4)11-16(24)19(14)18(17)13-8-6-7-9-15(13)23(26)27/h6-9,18,22H,5,10-11H2,1-4H3/t18-/m0/s1. The van der Waals surface area contributed by atoms with Crippen molar-refractivity contribution in [3.63, 3.8) is 0 Å². The largest absolute Gasteiger partial charge is 0.463 e. The summed E-state index contributed by atoms with van der Waals surface area (Å²) in [7, 11) is 0. The van der Waals surface area contributed by atoms with Crippen LogP contribution in [0.4, 0.5) is 5.69 Å². The molecule has 0 unspecified atom stereocenters. The van der Waals surface area contributed by atoms with Gasteiger partial charge in [0.25, 0.3) is 5.69 Å². The summed E-state index contributed by atoms with van der Waals surface area (Å²) in [5, 5.41) is 14.9. The number of carbonyl (C=O) groups excluding carboxylic acids is 2. The molecule has 7 nitrogen and oxygen atoms in total. The smallest absolute Gasteiger partial charge is 0.336 e. The lowest BCUT2D eigenvalue weighted by atomic mass is 9.68. The number of para-hydroxylation sites is 1. The molecule has 7 heteroatoms. The molecule has 1 atom stereocenters. The van der Waals surface area contributed by atoms with E-state index in [1.165, 1.54) is 6.07 Å². The number of nitro groups is 1. The molecule has 1 aliphatic carbocycles. The molecule has 0 aromatic heterocycles. The highest BCUT2D eigenvalue weighted by Gasteiger charge is 2.44. The fraction of sp³-hybridized carbons (Fsp3) is 0.429. The van der Waals surface area contributed by atoms with Crippen LogP contribution in [0.1, 0.15) is 52.0 Å². The Hall–Kier alpha value is -2.96. The molecule has 0 radical (unpaired) electrons. The number of rotatable bonds is 4. The van der Waals surface area contributed by atoms with Gasteiger partial charge in [-0.3, -0.25) is 14.9 Å². The number of nitrogens with zero attached hydrogens (tertiary/aromatic N) is 1. The summed E-state index contributed by atoms with van der Waals surface area (Å²) in [5.41, 5.74) is 1.97. The molecule has 1 heterocycles. The maximum atomic E-state index is 13.1. The summed E-state index contributed by atoms with van der Waals surface area (Å²) in [6.07, 6.45) is 0.943. The van der Waals surface area contributed by atoms with Gasteiger partial charge >= 0.3 is 5.97 Å². The number of Topliss-reactive ketones (excluding diaryl/α,β-unsaturated/α-hetero) is 1. The van der Waals surface area contributed by atoms with Gasteiger partial charge in [-0.25, -0.2) is 4.79 Å². The third kappa shape index (κ3) is 3.44. The van der Waals surface area contributed by atoms with E-state index in [1.807, 2.05) is 13.8 Å². The number of dihydropyridines is 1. The molecule has 0 saturated heterocycles. The first-order valence-electron chi connectivity index (χ1n) is 9.30. The first-order valence-corrected chi connectivity index (χ1v) is 9.30. The van der Waals surface area contributed by atoms with E-state index >= 15 is 0 Å². The summed E-state index contributed by atoms with van der Waals surface area (Å²) >= 11 is 0. The van der Waals surface area contributed by atoms with E-state index in [2.05, 4.69) is 5.32 Å². The average Bonchev–Trinajstić information content (AvgIpc) is 2.59. The number of allylic oxidation sites excluding steroid dienone is 3. The summed E-state index contributed by atoms with van der Waals surface area (Å²) < 4.78 is 5.22. The van der Waals surface area contributed by atoms with Crippen LogP contribution in [0, 0.1) is 15.5 Å². The van der Waals surface area contributed by atoms with Gasteiger partial charge < -0.3 is 10.1 Å². The summed E-state index contributed by atoms with van der Waals surface area (Å²) in [6, 6.07) is 6.26. The second-order valence-corrected chi connectivity index (χ2v) is 7.97. The van der Waals surface area contributed by atoms with Crippen LogP contribution >= 0.6 is 0 Å². The summed E-state index contributed by atoms with van der Waals surface area (Å²) in [5.74, 6) is -1.49. The molecule has 3 rings (SSSR count). The van der Waals surface area contributed by atoms with Gasteiger partial charge in [0, 0.05) is 35.0 Å². The molecule has 1 N–H and O–H groups in total. The van der Waals surface area contributed by atoms with Crippen molar-refractivity contribution in [3.8, 4) is 0 Å². The Labute approximate surface area is 163 Å². The number of esters is 1. The number of nitro benzene ring substituents is 1. The maximum absolute atomic E-state index is 13.1. The van der Waals surface area contributed by atoms with Crippen molar-refractivity contribution in [2.45, 2.75) is 46.5 Å². The third-order valence-corrected chi connectivity index (χ3v) is 5.18. The number of benzene rings is 1. The van der Waals surface area contributed by atoms with Gasteiger partial charge in [-0.1, -0.05) is 32.0 Å². The van der Waals surface area contributed by atoms with E-state index in [0.29, 0.717) is 29.7 Å². The molecule has 148 valence electrons. The number of nitrogens with one attached hydrogen (secondary N) is 1. The molecular formula is C21H24N2O5. The number of hydrogen-bond donors (Lipinski definition) is 1. The zero-order valence-corrected chi connectivity index (χ0v) is 16.5.